The van der Waals surface area contributed by atoms with Crippen molar-refractivity contribution in [2.45, 2.75) is 26.2 Å². The van der Waals surface area contributed by atoms with Crippen LogP contribution in [0.15, 0.2) is 37.4 Å². The van der Waals surface area contributed by atoms with E-state index >= 15 is 0 Å². The summed E-state index contributed by atoms with van der Waals surface area (Å²) in [6.07, 6.45) is 3.44. The summed E-state index contributed by atoms with van der Waals surface area (Å²) >= 11 is 0. The molecule has 0 unspecified atom stereocenters. The van der Waals surface area contributed by atoms with E-state index in [4.69, 9.17) is 0 Å². The molecule has 0 spiro atoms. The van der Waals surface area contributed by atoms with Crippen molar-refractivity contribution in [3.8, 4) is 0 Å². The lowest BCUT2D eigenvalue weighted by molar-refractivity contribution is 0.626. The minimum absolute atomic E-state index is 0.148. The fourth-order valence-corrected chi connectivity index (χ4v) is 1.03. The molecule has 0 atom stereocenters. The highest BCUT2D eigenvalue weighted by Crippen LogP contribution is 2.06. The average molecular weight is 180 g/mol. The first-order valence-electron chi connectivity index (χ1n) is 4.57. The predicted molar refractivity (Wildman–Crippen MR) is 56.3 cm³/mol. The molecule has 1 heteroatoms. The van der Waals surface area contributed by atoms with Crippen LogP contribution in [0.4, 0.5) is 4.39 Å². The van der Waals surface area contributed by atoms with Gasteiger partial charge in [0.05, 0.1) is 0 Å². The van der Waals surface area contributed by atoms with Crippen molar-refractivity contribution in [1.29, 1.82) is 0 Å². The zero-order valence-electron chi connectivity index (χ0n) is 8.22. The summed E-state index contributed by atoms with van der Waals surface area (Å²) in [5.41, 5.74) is 1.23. The number of halogens is 1. The molecule has 0 heterocycles. The van der Waals surface area contributed by atoms with Crippen LogP contribution in [-0.2, 0) is 6.42 Å². The molecule has 0 aliphatic heterocycles. The van der Waals surface area contributed by atoms with Crippen LogP contribution in [0.5, 0.6) is 0 Å². The molecule has 0 amide bonds. The Bertz CT molecular complexity index is 213. The molecule has 0 saturated carbocycles. The van der Waals surface area contributed by atoms with Crippen LogP contribution in [0.3, 0.4) is 0 Å². The standard InChI is InChI=1S/C10H13F.C2H4/c1-2-3-4-9-5-7-10(11)8-6-9;1-2/h5-8H,2-4H2,1H3;1-2H2. The highest BCUT2D eigenvalue weighted by molar-refractivity contribution is 5.15. The number of hydrogen-bond acceptors (Lipinski definition) is 0. The van der Waals surface area contributed by atoms with Crippen LogP contribution in [0.25, 0.3) is 0 Å². The molecule has 0 nitrogen and oxygen atoms in total. The van der Waals surface area contributed by atoms with Crippen LogP contribution in [-0.4, -0.2) is 0 Å². The minimum Gasteiger partial charge on any atom is -0.207 e. The molecule has 1 aromatic carbocycles. The molecule has 0 saturated heterocycles. The van der Waals surface area contributed by atoms with Gasteiger partial charge >= 0.3 is 0 Å². The van der Waals surface area contributed by atoms with Crippen LogP contribution in [0.1, 0.15) is 25.3 Å². The number of rotatable bonds is 3. The van der Waals surface area contributed by atoms with E-state index in [-0.39, 0.29) is 5.82 Å². The van der Waals surface area contributed by atoms with Crippen molar-refractivity contribution in [2.24, 2.45) is 0 Å². The quantitative estimate of drug-likeness (QED) is 0.617. The minimum atomic E-state index is -0.148. The predicted octanol–water partition coefficient (Wildman–Crippen LogP) is 3.97. The normalized spacial score (nSPS) is 8.77. The fourth-order valence-electron chi connectivity index (χ4n) is 1.03. The Balaban J connectivity index is 0.000000671. The van der Waals surface area contributed by atoms with Gasteiger partial charge in [0.2, 0.25) is 0 Å². The van der Waals surface area contributed by atoms with Crippen LogP contribution in [0, 0.1) is 5.82 Å². The van der Waals surface area contributed by atoms with Gasteiger partial charge in [-0.05, 0) is 30.5 Å². The van der Waals surface area contributed by atoms with Crippen molar-refractivity contribution in [1.82, 2.24) is 0 Å². The van der Waals surface area contributed by atoms with Gasteiger partial charge in [-0.1, -0.05) is 25.5 Å². The molecule has 1 aromatic rings. The molecule has 0 N–H and O–H groups in total. The Hall–Kier alpha value is -1.11. The van der Waals surface area contributed by atoms with Crippen molar-refractivity contribution in [3.05, 3.63) is 48.8 Å². The fraction of sp³-hybridized carbons (Fsp3) is 0.333. The molecule has 72 valence electrons. The molecule has 0 aliphatic carbocycles. The van der Waals surface area contributed by atoms with E-state index in [2.05, 4.69) is 20.1 Å². The average Bonchev–Trinajstić information content (AvgIpc) is 2.20. The number of benzene rings is 1. The van der Waals surface area contributed by atoms with Gasteiger partial charge in [-0.25, -0.2) is 4.39 Å². The van der Waals surface area contributed by atoms with Crippen LogP contribution in [0.2, 0.25) is 0 Å². The van der Waals surface area contributed by atoms with E-state index in [0.29, 0.717) is 0 Å². The van der Waals surface area contributed by atoms with Crippen LogP contribution >= 0.6 is 0 Å². The third-order valence-corrected chi connectivity index (χ3v) is 1.73. The summed E-state index contributed by atoms with van der Waals surface area (Å²) in [5, 5.41) is 0. The topological polar surface area (TPSA) is 0 Å². The second-order valence-electron chi connectivity index (χ2n) is 2.73. The Morgan fingerprint density at radius 3 is 2.15 bits per heavy atom. The van der Waals surface area contributed by atoms with Crippen molar-refractivity contribution < 1.29 is 4.39 Å². The third kappa shape index (κ3) is 5.18. The number of hydrogen-bond donors (Lipinski definition) is 0. The van der Waals surface area contributed by atoms with Crippen molar-refractivity contribution in [2.75, 3.05) is 0 Å². The lowest BCUT2D eigenvalue weighted by Crippen LogP contribution is -1.83. The maximum Gasteiger partial charge on any atom is 0.123 e. The third-order valence-electron chi connectivity index (χ3n) is 1.73. The first-order valence-corrected chi connectivity index (χ1v) is 4.57. The monoisotopic (exact) mass is 180 g/mol. The molecular formula is C12H17F. The van der Waals surface area contributed by atoms with E-state index in [1.54, 1.807) is 0 Å². The second-order valence-corrected chi connectivity index (χ2v) is 2.73. The van der Waals surface area contributed by atoms with Gasteiger partial charge in [0.1, 0.15) is 5.82 Å². The maximum atomic E-state index is 12.4. The van der Waals surface area contributed by atoms with Gasteiger partial charge in [0.25, 0.3) is 0 Å². The Morgan fingerprint density at radius 2 is 1.69 bits per heavy atom. The van der Waals surface area contributed by atoms with Gasteiger partial charge in [0, 0.05) is 0 Å². The maximum absolute atomic E-state index is 12.4. The summed E-state index contributed by atoms with van der Waals surface area (Å²) in [5.74, 6) is -0.148. The first kappa shape index (κ1) is 11.9. The summed E-state index contributed by atoms with van der Waals surface area (Å²) in [6.45, 7) is 8.16. The molecule has 13 heavy (non-hydrogen) atoms. The lowest BCUT2D eigenvalue weighted by Gasteiger charge is -1.97. The van der Waals surface area contributed by atoms with E-state index in [1.807, 2.05) is 12.1 Å². The van der Waals surface area contributed by atoms with Gasteiger partial charge < -0.3 is 0 Å². The summed E-state index contributed by atoms with van der Waals surface area (Å²) in [4.78, 5) is 0. The van der Waals surface area contributed by atoms with Gasteiger partial charge in [-0.15, -0.1) is 13.2 Å². The Kier molecular flexibility index (Phi) is 6.89. The van der Waals surface area contributed by atoms with E-state index in [1.165, 1.54) is 30.5 Å². The zero-order chi connectivity index (χ0) is 10.1. The van der Waals surface area contributed by atoms with Gasteiger partial charge in [-0.3, -0.25) is 0 Å². The summed E-state index contributed by atoms with van der Waals surface area (Å²) < 4.78 is 12.4. The highest BCUT2D eigenvalue weighted by atomic mass is 19.1. The van der Waals surface area contributed by atoms with Crippen LogP contribution < -0.4 is 0 Å². The van der Waals surface area contributed by atoms with E-state index in [0.717, 1.165) is 6.42 Å². The smallest absolute Gasteiger partial charge is 0.123 e. The summed E-state index contributed by atoms with van der Waals surface area (Å²) in [7, 11) is 0. The number of unbranched alkanes of at least 4 members (excludes halogenated alkanes) is 1. The largest absolute Gasteiger partial charge is 0.207 e. The lowest BCUT2D eigenvalue weighted by atomic mass is 10.1. The molecule has 0 bridgehead atoms. The first-order chi connectivity index (χ1) is 6.33. The number of aryl methyl sites for hydroxylation is 1. The zero-order valence-corrected chi connectivity index (χ0v) is 8.22. The molecule has 1 rings (SSSR count). The molecule has 0 aliphatic rings. The van der Waals surface area contributed by atoms with Gasteiger partial charge in [-0.2, -0.15) is 0 Å². The second kappa shape index (κ2) is 7.53. The van der Waals surface area contributed by atoms with Crippen molar-refractivity contribution >= 4 is 0 Å². The highest BCUT2D eigenvalue weighted by Gasteiger charge is 1.91. The summed E-state index contributed by atoms with van der Waals surface area (Å²) in [6, 6.07) is 6.74. The molecule has 0 aromatic heterocycles. The van der Waals surface area contributed by atoms with Crippen molar-refractivity contribution in [3.63, 3.8) is 0 Å². The Labute approximate surface area is 80.1 Å². The van der Waals surface area contributed by atoms with E-state index in [9.17, 15) is 4.39 Å². The molecule has 0 radical (unpaired) electrons. The van der Waals surface area contributed by atoms with Gasteiger partial charge in [0.15, 0.2) is 0 Å². The molecule has 0 fully saturated rings. The molecular weight excluding hydrogens is 163 g/mol. The van der Waals surface area contributed by atoms with E-state index < -0.39 is 0 Å². The Morgan fingerprint density at radius 1 is 1.15 bits per heavy atom. The SMILES string of the molecule is C=C.CCCCc1ccc(F)cc1.